The largest absolute Gasteiger partial charge is 0.493 e. The van der Waals surface area contributed by atoms with Gasteiger partial charge in [-0.15, -0.1) is 0 Å². The number of hydrogen-bond donors (Lipinski definition) is 2. The van der Waals surface area contributed by atoms with Crippen LogP contribution < -0.4 is 15.4 Å². The van der Waals surface area contributed by atoms with Crippen LogP contribution in [0.2, 0.25) is 0 Å². The minimum Gasteiger partial charge on any atom is -0.493 e. The van der Waals surface area contributed by atoms with Crippen molar-refractivity contribution in [3.05, 3.63) is 84.4 Å². The predicted octanol–water partition coefficient (Wildman–Crippen LogP) is 4.27. The number of ether oxygens (including phenoxy) is 1. The van der Waals surface area contributed by atoms with Crippen LogP contribution in [0.15, 0.2) is 83.3 Å². The number of fused-ring (bicyclic) bond motifs is 3. The maximum atomic E-state index is 13.3. The molecule has 0 bridgehead atoms. The molecule has 1 unspecified atom stereocenters. The van der Waals surface area contributed by atoms with E-state index in [1.807, 2.05) is 48.5 Å². The smallest absolute Gasteiger partial charge is 0.325 e. The Balaban J connectivity index is 1.16. The molecule has 174 valence electrons. The quantitative estimate of drug-likeness (QED) is 0.437. The average Bonchev–Trinajstić information content (AvgIpc) is 3.40. The zero-order valence-electron chi connectivity index (χ0n) is 18.6. The number of furan rings is 1. The zero-order valence-corrected chi connectivity index (χ0v) is 18.6. The topological polar surface area (TPSA) is 101 Å². The van der Waals surface area contributed by atoms with Crippen LogP contribution in [0.4, 0.5) is 10.5 Å². The molecular formula is C27H21N3O5. The second-order valence-electron chi connectivity index (χ2n) is 8.60. The van der Waals surface area contributed by atoms with E-state index < -0.39 is 23.4 Å². The van der Waals surface area contributed by atoms with Crippen LogP contribution in [0.25, 0.3) is 22.3 Å². The molecule has 0 aliphatic carbocycles. The highest BCUT2D eigenvalue weighted by Gasteiger charge is 2.55. The van der Waals surface area contributed by atoms with Crippen LogP contribution in [0, 0.1) is 0 Å². The highest BCUT2D eigenvalue weighted by molar-refractivity contribution is 6.10. The third kappa shape index (κ3) is 3.50. The van der Waals surface area contributed by atoms with Gasteiger partial charge < -0.3 is 19.8 Å². The third-order valence-electron chi connectivity index (χ3n) is 6.44. The molecule has 2 N–H and O–H groups in total. The molecule has 6 rings (SSSR count). The van der Waals surface area contributed by atoms with Crippen molar-refractivity contribution in [1.29, 1.82) is 0 Å². The summed E-state index contributed by atoms with van der Waals surface area (Å²) in [4.78, 5) is 39.7. The predicted molar refractivity (Wildman–Crippen MR) is 129 cm³/mol. The Hall–Kier alpha value is -4.59. The van der Waals surface area contributed by atoms with E-state index in [0.717, 1.165) is 27.2 Å². The van der Waals surface area contributed by atoms with Gasteiger partial charge in [-0.25, -0.2) is 4.79 Å². The first kappa shape index (κ1) is 21.0. The van der Waals surface area contributed by atoms with Crippen LogP contribution in [-0.2, 0) is 15.1 Å². The zero-order chi connectivity index (χ0) is 24.0. The van der Waals surface area contributed by atoms with Crippen molar-refractivity contribution in [2.45, 2.75) is 12.0 Å². The van der Waals surface area contributed by atoms with Gasteiger partial charge in [-0.3, -0.25) is 14.5 Å². The molecule has 1 atom stereocenters. The lowest BCUT2D eigenvalue weighted by Crippen LogP contribution is -2.48. The number of nitrogens with one attached hydrogen (secondary N) is 2. The molecule has 8 nitrogen and oxygen atoms in total. The summed E-state index contributed by atoms with van der Waals surface area (Å²) in [6, 6.07) is 23.4. The van der Waals surface area contributed by atoms with Gasteiger partial charge in [-0.05, 0) is 42.5 Å². The van der Waals surface area contributed by atoms with E-state index in [0.29, 0.717) is 30.0 Å². The summed E-state index contributed by atoms with van der Waals surface area (Å²) in [7, 11) is 0. The fraction of sp³-hybridized carbons (Fsp3) is 0.148. The van der Waals surface area contributed by atoms with E-state index >= 15 is 0 Å². The molecule has 1 fully saturated rings. The average molecular weight is 467 g/mol. The highest BCUT2D eigenvalue weighted by atomic mass is 16.5. The van der Waals surface area contributed by atoms with Gasteiger partial charge in [0, 0.05) is 28.6 Å². The van der Waals surface area contributed by atoms with E-state index in [4.69, 9.17) is 9.15 Å². The Morgan fingerprint density at radius 1 is 1.00 bits per heavy atom. The van der Waals surface area contributed by atoms with Crippen LogP contribution in [0.5, 0.6) is 5.75 Å². The van der Waals surface area contributed by atoms with Crippen molar-refractivity contribution in [3.63, 3.8) is 0 Å². The summed E-state index contributed by atoms with van der Waals surface area (Å²) in [5.41, 5.74) is 1.62. The summed E-state index contributed by atoms with van der Waals surface area (Å²) in [6.07, 6.45) is 0.302. The van der Waals surface area contributed by atoms with E-state index in [9.17, 15) is 14.4 Å². The lowest BCUT2D eigenvalue weighted by molar-refractivity contribution is -0.135. The molecule has 2 aliphatic rings. The SMILES string of the molecule is O=C(CN1C(=O)NC2(CCOc3ccccc32)C1=O)Nc1ccc(-c2cc3ccccc3o2)cc1. The van der Waals surface area contributed by atoms with E-state index in [2.05, 4.69) is 10.6 Å². The first-order valence-electron chi connectivity index (χ1n) is 11.3. The first-order chi connectivity index (χ1) is 17.0. The van der Waals surface area contributed by atoms with Gasteiger partial charge in [0.2, 0.25) is 5.91 Å². The number of hydrogen-bond acceptors (Lipinski definition) is 5. The Morgan fingerprint density at radius 3 is 2.60 bits per heavy atom. The van der Waals surface area contributed by atoms with E-state index in [-0.39, 0.29) is 6.54 Å². The molecular weight excluding hydrogens is 446 g/mol. The Kier molecular flexibility index (Phi) is 4.81. The molecule has 3 aromatic carbocycles. The molecule has 0 saturated carbocycles. The normalized spacial score (nSPS) is 18.9. The summed E-state index contributed by atoms with van der Waals surface area (Å²) >= 11 is 0. The fourth-order valence-corrected chi connectivity index (χ4v) is 4.70. The van der Waals surface area contributed by atoms with Crippen molar-refractivity contribution in [2.75, 3.05) is 18.5 Å². The lowest BCUT2D eigenvalue weighted by atomic mass is 9.84. The summed E-state index contributed by atoms with van der Waals surface area (Å²) in [5, 5.41) is 6.57. The van der Waals surface area contributed by atoms with Gasteiger partial charge in [0.1, 0.15) is 23.6 Å². The summed E-state index contributed by atoms with van der Waals surface area (Å²) in [5.74, 6) is 0.365. The monoisotopic (exact) mass is 467 g/mol. The number of amides is 4. The third-order valence-corrected chi connectivity index (χ3v) is 6.44. The lowest BCUT2D eigenvalue weighted by Gasteiger charge is -2.33. The highest BCUT2D eigenvalue weighted by Crippen LogP contribution is 2.41. The molecule has 4 aromatic rings. The van der Waals surface area contributed by atoms with Gasteiger partial charge in [0.15, 0.2) is 5.54 Å². The molecule has 1 saturated heterocycles. The number of urea groups is 1. The summed E-state index contributed by atoms with van der Waals surface area (Å²) < 4.78 is 11.5. The van der Waals surface area contributed by atoms with Gasteiger partial charge in [0.25, 0.3) is 5.91 Å². The van der Waals surface area contributed by atoms with Crippen molar-refractivity contribution in [3.8, 4) is 17.1 Å². The molecule has 0 radical (unpaired) electrons. The van der Waals surface area contributed by atoms with Gasteiger partial charge >= 0.3 is 6.03 Å². The summed E-state index contributed by atoms with van der Waals surface area (Å²) in [6.45, 7) is -0.0958. The molecule has 8 heteroatoms. The number of para-hydroxylation sites is 2. The minimum atomic E-state index is -1.21. The van der Waals surface area contributed by atoms with Gasteiger partial charge in [-0.2, -0.15) is 0 Å². The number of imide groups is 1. The van der Waals surface area contributed by atoms with Crippen LogP contribution in [0.3, 0.4) is 0 Å². The Morgan fingerprint density at radius 2 is 1.77 bits per heavy atom. The van der Waals surface area contributed by atoms with Crippen molar-refractivity contribution in [1.82, 2.24) is 10.2 Å². The van der Waals surface area contributed by atoms with E-state index in [1.165, 1.54) is 0 Å². The van der Waals surface area contributed by atoms with Crippen molar-refractivity contribution >= 4 is 34.5 Å². The number of carbonyl (C=O) groups excluding carboxylic acids is 3. The Labute approximate surface area is 200 Å². The van der Waals surface area contributed by atoms with Crippen molar-refractivity contribution in [2.24, 2.45) is 0 Å². The maximum Gasteiger partial charge on any atom is 0.325 e. The molecule has 3 heterocycles. The molecule has 4 amide bonds. The van der Waals surface area contributed by atoms with Gasteiger partial charge in [-0.1, -0.05) is 36.4 Å². The molecule has 35 heavy (non-hydrogen) atoms. The number of nitrogens with zero attached hydrogens (tertiary/aromatic N) is 1. The fourth-order valence-electron chi connectivity index (χ4n) is 4.70. The second kappa shape index (κ2) is 8.02. The van der Waals surface area contributed by atoms with Crippen LogP contribution in [-0.4, -0.2) is 35.9 Å². The molecule has 1 aromatic heterocycles. The van der Waals surface area contributed by atoms with Gasteiger partial charge in [0.05, 0.1) is 6.61 Å². The molecule has 2 aliphatic heterocycles. The van der Waals surface area contributed by atoms with E-state index in [1.54, 1.807) is 30.3 Å². The number of anilines is 1. The van der Waals surface area contributed by atoms with Crippen LogP contribution >= 0.6 is 0 Å². The number of rotatable bonds is 4. The number of carbonyl (C=O) groups is 3. The number of benzene rings is 3. The Bertz CT molecular complexity index is 1440. The first-order valence-corrected chi connectivity index (χ1v) is 11.3. The maximum absolute atomic E-state index is 13.3. The standard InChI is InChI=1S/C27H21N3O5/c31-24(28-19-11-9-17(10-12-19)23-15-18-5-1-3-7-21(18)35-23)16-30-25(32)27(29-26(30)33)13-14-34-22-8-4-2-6-20(22)27/h1-12,15H,13-14,16H2,(H,28,31)(H,29,33). The second-order valence-corrected chi connectivity index (χ2v) is 8.60. The van der Waals surface area contributed by atoms with Crippen molar-refractivity contribution < 1.29 is 23.5 Å². The minimum absolute atomic E-state index is 0.292. The van der Waals surface area contributed by atoms with Crippen LogP contribution in [0.1, 0.15) is 12.0 Å². The molecule has 1 spiro atoms.